The first kappa shape index (κ1) is 19.3. The van der Waals surface area contributed by atoms with Gasteiger partial charge >= 0.3 is 0 Å². The van der Waals surface area contributed by atoms with Crippen molar-refractivity contribution in [2.75, 3.05) is 11.6 Å². The number of anilines is 1. The molecule has 0 saturated heterocycles. The monoisotopic (exact) mass is 384 g/mol. The van der Waals surface area contributed by atoms with E-state index in [1.54, 1.807) is 24.3 Å². The molecule has 1 unspecified atom stereocenters. The molecule has 2 aromatic rings. The number of hydrogen-bond acceptors (Lipinski definition) is 3. The Kier molecular flexibility index (Phi) is 6.07. The van der Waals surface area contributed by atoms with Crippen LogP contribution in [0.25, 0.3) is 0 Å². The molecule has 2 N–H and O–H groups in total. The molecule has 0 spiro atoms. The van der Waals surface area contributed by atoms with Gasteiger partial charge in [-0.3, -0.25) is 0 Å². The number of rotatable bonds is 5. The van der Waals surface area contributed by atoms with E-state index in [2.05, 4.69) is 10.6 Å². The van der Waals surface area contributed by atoms with Crippen molar-refractivity contribution in [2.24, 2.45) is 0 Å². The van der Waals surface area contributed by atoms with Crippen LogP contribution in [0.5, 0.6) is 0 Å². The Bertz CT molecular complexity index is 869. The zero-order valence-corrected chi connectivity index (χ0v) is 15.3. The zero-order chi connectivity index (χ0) is 18.6. The van der Waals surface area contributed by atoms with Gasteiger partial charge in [-0.05, 0) is 48.5 Å². The summed E-state index contributed by atoms with van der Waals surface area (Å²) in [5.41, 5.74) is 1.20. The minimum atomic E-state index is -3.25. The summed E-state index contributed by atoms with van der Waals surface area (Å²) in [6.45, 7) is 1.95. The van der Waals surface area contributed by atoms with Crippen molar-refractivity contribution in [1.82, 2.24) is 5.32 Å². The smallest absolute Gasteiger partial charge is 0.175 e. The first-order chi connectivity index (χ1) is 11.7. The van der Waals surface area contributed by atoms with E-state index in [0.717, 1.165) is 24.0 Å². The lowest BCUT2D eigenvalue weighted by atomic mass is 10.1. The highest BCUT2D eigenvalue weighted by molar-refractivity contribution is 7.90. The van der Waals surface area contributed by atoms with Crippen molar-refractivity contribution in [1.29, 1.82) is 0 Å². The minimum Gasteiger partial charge on any atom is -0.356 e. The highest BCUT2D eigenvalue weighted by Gasteiger charge is 2.13. The molecule has 8 heteroatoms. The van der Waals surface area contributed by atoms with E-state index in [0.29, 0.717) is 12.1 Å². The average molecular weight is 384 g/mol. The standard InChI is InChI=1S/C17H18F2N2O2S2/c1-3-16(11-4-7-13(8-5-11)25(2,22)23)21-17(24)20-12-6-9-14(18)15(19)10-12/h4-10,16H,3H2,1-2H3,(H2,20,21,24). The third kappa shape index (κ3) is 5.20. The molecule has 0 aliphatic heterocycles. The number of sulfone groups is 1. The van der Waals surface area contributed by atoms with Crippen molar-refractivity contribution in [2.45, 2.75) is 24.3 Å². The number of nitrogens with one attached hydrogen (secondary N) is 2. The van der Waals surface area contributed by atoms with Crippen LogP contribution in [0.3, 0.4) is 0 Å². The van der Waals surface area contributed by atoms with Crippen LogP contribution in [0.15, 0.2) is 47.4 Å². The van der Waals surface area contributed by atoms with Gasteiger partial charge in [-0.1, -0.05) is 19.1 Å². The Labute approximate surface area is 151 Å². The van der Waals surface area contributed by atoms with Crippen molar-refractivity contribution in [3.05, 3.63) is 59.7 Å². The van der Waals surface area contributed by atoms with Crippen LogP contribution >= 0.6 is 12.2 Å². The third-order valence-corrected chi connectivity index (χ3v) is 4.95. The van der Waals surface area contributed by atoms with Crippen LogP contribution in [0, 0.1) is 11.6 Å². The molecule has 0 aliphatic carbocycles. The van der Waals surface area contributed by atoms with Gasteiger partial charge in [0, 0.05) is 18.0 Å². The maximum Gasteiger partial charge on any atom is 0.175 e. The normalized spacial score (nSPS) is 12.5. The third-order valence-electron chi connectivity index (χ3n) is 3.60. The Morgan fingerprint density at radius 1 is 1.12 bits per heavy atom. The second kappa shape index (κ2) is 7.88. The Hall–Kier alpha value is -2.06. The predicted molar refractivity (Wildman–Crippen MR) is 98.3 cm³/mol. The molecule has 0 heterocycles. The fourth-order valence-electron chi connectivity index (χ4n) is 2.27. The second-order valence-electron chi connectivity index (χ2n) is 5.53. The summed E-state index contributed by atoms with van der Waals surface area (Å²) in [4.78, 5) is 0.244. The van der Waals surface area contributed by atoms with Crippen LogP contribution in [0.2, 0.25) is 0 Å². The summed E-state index contributed by atoms with van der Waals surface area (Å²) in [6, 6.07) is 9.79. The molecular weight excluding hydrogens is 366 g/mol. The Morgan fingerprint density at radius 2 is 1.76 bits per heavy atom. The van der Waals surface area contributed by atoms with Crippen molar-refractivity contribution in [3.8, 4) is 0 Å². The van der Waals surface area contributed by atoms with Gasteiger partial charge in [0.1, 0.15) is 0 Å². The summed E-state index contributed by atoms with van der Waals surface area (Å²) < 4.78 is 49.2. The molecular formula is C17H18F2N2O2S2. The fraction of sp³-hybridized carbons (Fsp3) is 0.235. The molecule has 0 bridgehead atoms. The average Bonchev–Trinajstić information content (AvgIpc) is 2.55. The van der Waals surface area contributed by atoms with Gasteiger partial charge in [0.2, 0.25) is 0 Å². The van der Waals surface area contributed by atoms with Crippen LogP contribution in [-0.2, 0) is 9.84 Å². The predicted octanol–water partition coefficient (Wildman–Crippen LogP) is 3.81. The highest BCUT2D eigenvalue weighted by atomic mass is 32.2. The van der Waals surface area contributed by atoms with Crippen molar-refractivity contribution in [3.63, 3.8) is 0 Å². The van der Waals surface area contributed by atoms with Crippen LogP contribution in [0.4, 0.5) is 14.5 Å². The van der Waals surface area contributed by atoms with Crippen LogP contribution in [0.1, 0.15) is 24.9 Å². The summed E-state index contributed by atoms with van der Waals surface area (Å²) in [5, 5.41) is 6.13. The van der Waals surface area contributed by atoms with Crippen LogP contribution in [-0.4, -0.2) is 19.8 Å². The lowest BCUT2D eigenvalue weighted by Crippen LogP contribution is -2.32. The number of benzene rings is 2. The Balaban J connectivity index is 2.08. The zero-order valence-electron chi connectivity index (χ0n) is 13.7. The molecule has 0 radical (unpaired) electrons. The summed E-state index contributed by atoms with van der Waals surface area (Å²) in [7, 11) is -3.25. The summed E-state index contributed by atoms with van der Waals surface area (Å²) >= 11 is 5.21. The molecule has 2 rings (SSSR count). The van der Waals surface area contributed by atoms with E-state index in [-0.39, 0.29) is 16.0 Å². The molecule has 0 saturated carbocycles. The van der Waals surface area contributed by atoms with Gasteiger partial charge in [-0.25, -0.2) is 17.2 Å². The van der Waals surface area contributed by atoms with E-state index in [4.69, 9.17) is 12.2 Å². The van der Waals surface area contributed by atoms with E-state index in [1.807, 2.05) is 6.92 Å². The Morgan fingerprint density at radius 3 is 2.28 bits per heavy atom. The first-order valence-electron chi connectivity index (χ1n) is 7.53. The maximum absolute atomic E-state index is 13.2. The van der Waals surface area contributed by atoms with Crippen LogP contribution < -0.4 is 10.6 Å². The van der Waals surface area contributed by atoms with E-state index < -0.39 is 21.5 Å². The maximum atomic E-state index is 13.2. The SMILES string of the molecule is CCC(NC(=S)Nc1ccc(F)c(F)c1)c1ccc(S(C)(=O)=O)cc1. The summed E-state index contributed by atoms with van der Waals surface area (Å²) in [6.07, 6.45) is 1.84. The molecule has 0 amide bonds. The molecule has 25 heavy (non-hydrogen) atoms. The van der Waals surface area contributed by atoms with Gasteiger partial charge in [0.25, 0.3) is 0 Å². The lowest BCUT2D eigenvalue weighted by molar-refractivity contribution is 0.509. The van der Waals surface area contributed by atoms with Gasteiger partial charge < -0.3 is 10.6 Å². The van der Waals surface area contributed by atoms with E-state index in [1.165, 1.54) is 6.07 Å². The molecule has 1 atom stereocenters. The number of hydrogen-bond donors (Lipinski definition) is 2. The van der Waals surface area contributed by atoms with Crippen molar-refractivity contribution < 1.29 is 17.2 Å². The highest BCUT2D eigenvalue weighted by Crippen LogP contribution is 2.20. The van der Waals surface area contributed by atoms with Gasteiger partial charge in [-0.15, -0.1) is 0 Å². The molecule has 134 valence electrons. The lowest BCUT2D eigenvalue weighted by Gasteiger charge is -2.20. The van der Waals surface area contributed by atoms with Gasteiger partial charge in [0.05, 0.1) is 10.9 Å². The molecule has 0 fully saturated rings. The van der Waals surface area contributed by atoms with Gasteiger partial charge in [0.15, 0.2) is 26.6 Å². The van der Waals surface area contributed by atoms with Crippen molar-refractivity contribution >= 4 is 32.9 Å². The fourth-order valence-corrected chi connectivity index (χ4v) is 3.16. The second-order valence-corrected chi connectivity index (χ2v) is 7.95. The largest absolute Gasteiger partial charge is 0.356 e. The van der Waals surface area contributed by atoms with E-state index in [9.17, 15) is 17.2 Å². The molecule has 0 aromatic heterocycles. The van der Waals surface area contributed by atoms with Gasteiger partial charge in [-0.2, -0.15) is 0 Å². The molecule has 2 aromatic carbocycles. The quantitative estimate of drug-likeness (QED) is 0.768. The molecule has 4 nitrogen and oxygen atoms in total. The topological polar surface area (TPSA) is 58.2 Å². The number of thiocarbonyl (C=S) groups is 1. The summed E-state index contributed by atoms with van der Waals surface area (Å²) in [5.74, 6) is -1.89. The number of halogens is 2. The first-order valence-corrected chi connectivity index (χ1v) is 9.83. The molecule has 0 aliphatic rings. The minimum absolute atomic E-state index is 0.154. The van der Waals surface area contributed by atoms with E-state index >= 15 is 0 Å².